The van der Waals surface area contributed by atoms with Crippen LogP contribution in [0.4, 0.5) is 11.4 Å². The number of anilines is 2. The van der Waals surface area contributed by atoms with Crippen LogP contribution >= 0.6 is 23.8 Å². The van der Waals surface area contributed by atoms with Crippen LogP contribution in [0.25, 0.3) is 5.69 Å². The van der Waals surface area contributed by atoms with Gasteiger partial charge in [0.1, 0.15) is 11.8 Å². The molecular formula is C30H30ClN5OS. The summed E-state index contributed by atoms with van der Waals surface area (Å²) in [5.41, 5.74) is 4.91. The summed E-state index contributed by atoms with van der Waals surface area (Å²) in [5.74, 6) is 0.989. The van der Waals surface area contributed by atoms with E-state index in [1.165, 1.54) is 12.8 Å². The Bertz CT molecular complexity index is 1430. The van der Waals surface area contributed by atoms with Gasteiger partial charge in [-0.25, -0.2) is 0 Å². The van der Waals surface area contributed by atoms with Crippen molar-refractivity contribution in [3.8, 4) is 11.4 Å². The summed E-state index contributed by atoms with van der Waals surface area (Å²) in [5, 5.41) is 14.7. The summed E-state index contributed by atoms with van der Waals surface area (Å²) in [6.45, 7) is 4.36. The standard InChI is InChI=1S/C30H30ClN5OS/c1-20-13-17-34(18-14-20)26-12-9-22(19-24(26)31)36-29(28(33-30(36)38)25-5-2-3-15-32-25)27-6-4-16-35(27)21-7-10-23(37)11-8-21/h2-12,15-16,19-20,28-29,37H,13-14,17-18H2,1H3,(H,33,38)/t28-,29-/m0/s1. The Kier molecular flexibility index (Phi) is 6.72. The first-order valence-corrected chi connectivity index (χ1v) is 13.8. The molecule has 38 heavy (non-hydrogen) atoms. The number of benzene rings is 2. The molecule has 0 radical (unpaired) electrons. The van der Waals surface area contributed by atoms with Crippen LogP contribution < -0.4 is 15.1 Å². The van der Waals surface area contributed by atoms with E-state index in [4.69, 9.17) is 23.8 Å². The number of rotatable bonds is 5. The molecule has 2 aromatic heterocycles. The second-order valence-corrected chi connectivity index (χ2v) is 10.9. The Morgan fingerprint density at radius 3 is 2.45 bits per heavy atom. The van der Waals surface area contributed by atoms with Gasteiger partial charge in [-0.05, 0) is 97.7 Å². The van der Waals surface area contributed by atoms with Gasteiger partial charge < -0.3 is 24.8 Å². The maximum Gasteiger partial charge on any atom is 0.174 e. The van der Waals surface area contributed by atoms with Gasteiger partial charge in [0.25, 0.3) is 0 Å². The van der Waals surface area contributed by atoms with Crippen LogP contribution in [-0.2, 0) is 0 Å². The quantitative estimate of drug-likeness (QED) is 0.275. The number of phenolic OH excluding ortho intramolecular Hbond substituents is 1. The Labute approximate surface area is 233 Å². The molecule has 2 fully saturated rings. The minimum atomic E-state index is -0.182. The fraction of sp³-hybridized carbons (Fsp3) is 0.267. The Balaban J connectivity index is 1.42. The van der Waals surface area contributed by atoms with Gasteiger partial charge in [0.2, 0.25) is 0 Å². The highest BCUT2D eigenvalue weighted by Gasteiger charge is 2.42. The highest BCUT2D eigenvalue weighted by molar-refractivity contribution is 7.80. The summed E-state index contributed by atoms with van der Waals surface area (Å²) in [7, 11) is 0. The van der Waals surface area contributed by atoms with Gasteiger partial charge >= 0.3 is 0 Å². The molecule has 2 atom stereocenters. The summed E-state index contributed by atoms with van der Waals surface area (Å²) in [6, 6.07) is 23.2. The van der Waals surface area contributed by atoms with E-state index in [2.05, 4.69) is 49.8 Å². The van der Waals surface area contributed by atoms with Crippen LogP contribution in [0, 0.1) is 5.92 Å². The van der Waals surface area contributed by atoms with Crippen molar-refractivity contribution in [3.63, 3.8) is 0 Å². The highest BCUT2D eigenvalue weighted by atomic mass is 35.5. The number of aromatic hydroxyl groups is 1. The molecule has 4 heterocycles. The number of piperidine rings is 1. The Hall–Kier alpha value is -3.55. The lowest BCUT2D eigenvalue weighted by Crippen LogP contribution is -2.33. The number of hydrogen-bond acceptors (Lipinski definition) is 4. The molecule has 0 aliphatic carbocycles. The number of pyridine rings is 1. The molecule has 194 valence electrons. The zero-order chi connectivity index (χ0) is 26.2. The van der Waals surface area contributed by atoms with Crippen molar-refractivity contribution in [2.45, 2.75) is 31.8 Å². The summed E-state index contributed by atoms with van der Waals surface area (Å²) in [4.78, 5) is 9.21. The van der Waals surface area contributed by atoms with Gasteiger partial charge in [-0.3, -0.25) is 4.98 Å². The van der Waals surface area contributed by atoms with Crippen LogP contribution in [-0.4, -0.2) is 32.9 Å². The molecule has 2 aliphatic rings. The number of thiocarbonyl (C=S) groups is 1. The molecule has 8 heteroatoms. The van der Waals surface area contributed by atoms with Gasteiger partial charge in [-0.1, -0.05) is 24.6 Å². The molecule has 2 saturated heterocycles. The fourth-order valence-corrected chi connectivity index (χ4v) is 6.21. The van der Waals surface area contributed by atoms with E-state index in [1.54, 1.807) is 12.1 Å². The first-order chi connectivity index (χ1) is 18.5. The van der Waals surface area contributed by atoms with Crippen molar-refractivity contribution in [2.75, 3.05) is 22.9 Å². The number of hydrogen-bond donors (Lipinski definition) is 2. The van der Waals surface area contributed by atoms with E-state index in [9.17, 15) is 5.11 Å². The molecular weight excluding hydrogens is 514 g/mol. The van der Waals surface area contributed by atoms with E-state index in [1.807, 2.05) is 54.9 Å². The second-order valence-electron chi connectivity index (χ2n) is 10.1. The smallest absolute Gasteiger partial charge is 0.174 e. The summed E-state index contributed by atoms with van der Waals surface area (Å²) in [6.07, 6.45) is 6.20. The van der Waals surface area contributed by atoms with Gasteiger partial charge in [-0.15, -0.1) is 0 Å². The first-order valence-electron chi connectivity index (χ1n) is 13.0. The van der Waals surface area contributed by atoms with Crippen LogP contribution in [0.1, 0.15) is 43.2 Å². The van der Waals surface area contributed by atoms with Crippen molar-refractivity contribution in [3.05, 3.63) is 102 Å². The third kappa shape index (κ3) is 4.61. The largest absolute Gasteiger partial charge is 0.508 e. The third-order valence-corrected chi connectivity index (χ3v) is 8.26. The van der Waals surface area contributed by atoms with Crippen LogP contribution in [0.15, 0.2) is 85.2 Å². The predicted molar refractivity (Wildman–Crippen MR) is 157 cm³/mol. The molecule has 0 bridgehead atoms. The number of phenols is 1. The molecule has 2 aromatic carbocycles. The maximum absolute atomic E-state index is 9.84. The normalized spacial score (nSPS) is 20.1. The molecule has 2 aliphatic heterocycles. The molecule has 0 unspecified atom stereocenters. The van der Waals surface area contributed by atoms with E-state index in [0.29, 0.717) is 5.11 Å². The Morgan fingerprint density at radius 1 is 0.974 bits per heavy atom. The topological polar surface area (TPSA) is 56.6 Å². The number of halogens is 1. The number of nitrogens with one attached hydrogen (secondary N) is 1. The monoisotopic (exact) mass is 543 g/mol. The second kappa shape index (κ2) is 10.3. The van der Waals surface area contributed by atoms with Crippen molar-refractivity contribution < 1.29 is 5.11 Å². The molecule has 2 N–H and O–H groups in total. The molecule has 4 aromatic rings. The zero-order valence-corrected chi connectivity index (χ0v) is 22.7. The molecule has 0 saturated carbocycles. The van der Waals surface area contributed by atoms with Crippen LogP contribution in [0.5, 0.6) is 5.75 Å². The van der Waals surface area contributed by atoms with Crippen LogP contribution in [0.2, 0.25) is 5.02 Å². The molecule has 0 spiro atoms. The Morgan fingerprint density at radius 2 is 1.74 bits per heavy atom. The van der Waals surface area contributed by atoms with Crippen molar-refractivity contribution in [1.82, 2.24) is 14.9 Å². The van der Waals surface area contributed by atoms with Gasteiger partial charge in [0.15, 0.2) is 5.11 Å². The lowest BCUT2D eigenvalue weighted by molar-refractivity contribution is 0.438. The summed E-state index contributed by atoms with van der Waals surface area (Å²) >= 11 is 12.9. The van der Waals surface area contributed by atoms with Crippen LogP contribution in [0.3, 0.4) is 0 Å². The molecule has 0 amide bonds. The minimum absolute atomic E-state index is 0.170. The average Bonchev–Trinajstić information content (AvgIpc) is 3.54. The number of nitrogens with zero attached hydrogens (tertiary/aromatic N) is 4. The zero-order valence-electron chi connectivity index (χ0n) is 21.2. The van der Waals surface area contributed by atoms with Crippen molar-refractivity contribution in [2.24, 2.45) is 5.92 Å². The average molecular weight is 544 g/mol. The highest BCUT2D eigenvalue weighted by Crippen LogP contribution is 2.44. The van der Waals surface area contributed by atoms with E-state index >= 15 is 0 Å². The summed E-state index contributed by atoms with van der Waals surface area (Å²) < 4.78 is 2.13. The lowest BCUT2D eigenvalue weighted by Gasteiger charge is -2.33. The van der Waals surface area contributed by atoms with E-state index in [0.717, 1.165) is 52.5 Å². The predicted octanol–water partition coefficient (Wildman–Crippen LogP) is 6.64. The van der Waals surface area contributed by atoms with Crippen molar-refractivity contribution in [1.29, 1.82) is 0 Å². The van der Waals surface area contributed by atoms with E-state index < -0.39 is 0 Å². The first kappa shape index (κ1) is 24.8. The molecule has 6 rings (SSSR count). The molecule has 6 nitrogen and oxygen atoms in total. The minimum Gasteiger partial charge on any atom is -0.508 e. The maximum atomic E-state index is 9.84. The van der Waals surface area contributed by atoms with Gasteiger partial charge in [0, 0.05) is 42.6 Å². The SMILES string of the molecule is CC1CCN(c2ccc(N3C(=S)N[C@@H](c4ccccn4)[C@@H]3c3cccn3-c3ccc(O)cc3)cc2Cl)CC1. The van der Waals surface area contributed by atoms with Crippen molar-refractivity contribution >= 4 is 40.3 Å². The van der Waals surface area contributed by atoms with E-state index in [-0.39, 0.29) is 17.8 Å². The number of aromatic nitrogens is 2. The lowest BCUT2D eigenvalue weighted by atomic mass is 9.98. The fourth-order valence-electron chi connectivity index (χ4n) is 5.57. The van der Waals surface area contributed by atoms with Gasteiger partial charge in [-0.2, -0.15) is 0 Å². The van der Waals surface area contributed by atoms with Gasteiger partial charge in [0.05, 0.1) is 22.4 Å². The third-order valence-electron chi connectivity index (χ3n) is 7.64.